The third kappa shape index (κ3) is 2.12. The molecular formula is C8H16F3N. The number of hydrogen-bond acceptors (Lipinski definition) is 1. The average Bonchev–Trinajstić information content (AvgIpc) is 1.87. The summed E-state index contributed by atoms with van der Waals surface area (Å²) in [5.41, 5.74) is -1.44. The lowest BCUT2D eigenvalue weighted by atomic mass is 9.82. The number of likely N-dealkylation sites (tertiary alicyclic amines) is 1. The van der Waals surface area contributed by atoms with E-state index >= 15 is 0 Å². The van der Waals surface area contributed by atoms with Crippen LogP contribution in [-0.2, 0) is 0 Å². The minimum atomic E-state index is -4.03. The highest BCUT2D eigenvalue weighted by atomic mass is 19.4. The Balaban J connectivity index is 0.000000561. The lowest BCUT2D eigenvalue weighted by molar-refractivity contribution is -0.256. The maximum atomic E-state index is 12.0. The van der Waals surface area contributed by atoms with Gasteiger partial charge in [-0.2, -0.15) is 13.2 Å². The fraction of sp³-hybridized carbons (Fsp3) is 1.00. The van der Waals surface area contributed by atoms with Crippen LogP contribution in [0.4, 0.5) is 13.2 Å². The van der Waals surface area contributed by atoms with Crippen molar-refractivity contribution in [3.63, 3.8) is 0 Å². The summed E-state index contributed by atoms with van der Waals surface area (Å²) in [4.78, 5) is 1.66. The molecule has 1 saturated heterocycles. The van der Waals surface area contributed by atoms with Gasteiger partial charge in [-0.15, -0.1) is 0 Å². The molecule has 0 aromatic carbocycles. The molecule has 0 unspecified atom stereocenters. The van der Waals surface area contributed by atoms with E-state index in [1.54, 1.807) is 11.9 Å². The Kier molecular flexibility index (Phi) is 3.57. The molecule has 0 atom stereocenters. The minimum absolute atomic E-state index is 0.135. The van der Waals surface area contributed by atoms with Gasteiger partial charge in [-0.25, -0.2) is 0 Å². The third-order valence-electron chi connectivity index (χ3n) is 1.92. The van der Waals surface area contributed by atoms with Gasteiger partial charge in [0.25, 0.3) is 0 Å². The molecule has 12 heavy (non-hydrogen) atoms. The van der Waals surface area contributed by atoms with Crippen LogP contribution in [-0.4, -0.2) is 31.2 Å². The Bertz CT molecular complexity index is 136. The van der Waals surface area contributed by atoms with E-state index in [1.165, 1.54) is 6.92 Å². The van der Waals surface area contributed by atoms with E-state index in [4.69, 9.17) is 0 Å². The number of hydrogen-bond donors (Lipinski definition) is 0. The summed E-state index contributed by atoms with van der Waals surface area (Å²) in [5, 5.41) is 0. The van der Waals surface area contributed by atoms with Crippen molar-refractivity contribution in [1.82, 2.24) is 4.90 Å². The van der Waals surface area contributed by atoms with Gasteiger partial charge in [-0.1, -0.05) is 13.8 Å². The monoisotopic (exact) mass is 183 g/mol. The quantitative estimate of drug-likeness (QED) is 0.557. The summed E-state index contributed by atoms with van der Waals surface area (Å²) < 4.78 is 36.1. The van der Waals surface area contributed by atoms with Crippen LogP contribution in [0.2, 0.25) is 0 Å². The molecule has 1 aliphatic rings. The Morgan fingerprint density at radius 1 is 1.17 bits per heavy atom. The predicted octanol–water partition coefficient (Wildman–Crippen LogP) is 2.53. The molecule has 0 saturated carbocycles. The van der Waals surface area contributed by atoms with Crippen LogP contribution in [0.3, 0.4) is 0 Å². The van der Waals surface area contributed by atoms with Crippen LogP contribution in [0.15, 0.2) is 0 Å². The molecule has 4 heteroatoms. The topological polar surface area (TPSA) is 3.24 Å². The van der Waals surface area contributed by atoms with Gasteiger partial charge in [0.1, 0.15) is 0 Å². The molecule has 0 N–H and O–H groups in total. The maximum absolute atomic E-state index is 12.0. The molecule has 0 aliphatic carbocycles. The molecule has 1 aliphatic heterocycles. The standard InChI is InChI=1S/C6H10F3N.C2H6/c1-5(6(7,8)9)3-10(2)4-5;1-2/h3-4H2,1-2H3;1-2H3. The zero-order valence-corrected chi connectivity index (χ0v) is 8.00. The van der Waals surface area contributed by atoms with Crippen molar-refractivity contribution in [2.24, 2.45) is 5.41 Å². The molecule has 0 aromatic heterocycles. The van der Waals surface area contributed by atoms with E-state index in [9.17, 15) is 13.2 Å². The number of alkyl halides is 3. The first kappa shape index (κ1) is 11.8. The Labute approximate surface area is 71.6 Å². The Morgan fingerprint density at radius 2 is 1.50 bits per heavy atom. The molecule has 0 amide bonds. The largest absolute Gasteiger partial charge is 0.396 e. The second kappa shape index (κ2) is 3.64. The average molecular weight is 183 g/mol. The first-order valence-corrected chi connectivity index (χ1v) is 4.10. The van der Waals surface area contributed by atoms with E-state index in [0.717, 1.165) is 0 Å². The third-order valence-corrected chi connectivity index (χ3v) is 1.92. The molecule has 1 rings (SSSR count). The van der Waals surface area contributed by atoms with Gasteiger partial charge in [-0.05, 0) is 14.0 Å². The normalized spacial score (nSPS) is 22.2. The van der Waals surface area contributed by atoms with Gasteiger partial charge in [0.15, 0.2) is 0 Å². The van der Waals surface area contributed by atoms with Crippen molar-refractivity contribution in [3.05, 3.63) is 0 Å². The molecule has 0 aromatic rings. The van der Waals surface area contributed by atoms with Crippen molar-refractivity contribution in [2.75, 3.05) is 20.1 Å². The van der Waals surface area contributed by atoms with Crippen LogP contribution < -0.4 is 0 Å². The second-order valence-electron chi connectivity index (χ2n) is 3.23. The first-order valence-electron chi connectivity index (χ1n) is 4.10. The molecule has 1 nitrogen and oxygen atoms in total. The minimum Gasteiger partial charge on any atom is -0.305 e. The van der Waals surface area contributed by atoms with E-state index in [1.807, 2.05) is 13.8 Å². The zero-order valence-electron chi connectivity index (χ0n) is 8.00. The Hall–Kier alpha value is -0.250. The summed E-state index contributed by atoms with van der Waals surface area (Å²) in [6.45, 7) is 5.53. The lowest BCUT2D eigenvalue weighted by Crippen LogP contribution is -2.60. The van der Waals surface area contributed by atoms with E-state index in [2.05, 4.69) is 0 Å². The van der Waals surface area contributed by atoms with Crippen LogP contribution in [0.25, 0.3) is 0 Å². The number of rotatable bonds is 0. The van der Waals surface area contributed by atoms with Crippen LogP contribution >= 0.6 is 0 Å². The molecule has 1 heterocycles. The zero-order chi connectivity index (χ0) is 9.99. The smallest absolute Gasteiger partial charge is 0.305 e. The molecule has 74 valence electrons. The van der Waals surface area contributed by atoms with Gasteiger partial charge in [0, 0.05) is 13.1 Å². The van der Waals surface area contributed by atoms with Gasteiger partial charge in [0.05, 0.1) is 5.41 Å². The van der Waals surface area contributed by atoms with Gasteiger partial charge in [-0.3, -0.25) is 0 Å². The lowest BCUT2D eigenvalue weighted by Gasteiger charge is -2.46. The molecule has 0 spiro atoms. The predicted molar refractivity (Wildman–Crippen MR) is 43.0 cm³/mol. The van der Waals surface area contributed by atoms with Crippen LogP contribution in [0.5, 0.6) is 0 Å². The highest BCUT2D eigenvalue weighted by Crippen LogP contribution is 2.44. The van der Waals surface area contributed by atoms with Crippen molar-refractivity contribution >= 4 is 0 Å². The van der Waals surface area contributed by atoms with E-state index in [0.29, 0.717) is 0 Å². The summed E-state index contributed by atoms with van der Waals surface area (Å²) >= 11 is 0. The summed E-state index contributed by atoms with van der Waals surface area (Å²) in [6.07, 6.45) is -4.03. The van der Waals surface area contributed by atoms with E-state index in [-0.39, 0.29) is 13.1 Å². The van der Waals surface area contributed by atoms with Gasteiger partial charge in [0.2, 0.25) is 0 Å². The van der Waals surface area contributed by atoms with Gasteiger partial charge >= 0.3 is 6.18 Å². The summed E-state index contributed by atoms with van der Waals surface area (Å²) in [6, 6.07) is 0. The van der Waals surface area contributed by atoms with E-state index < -0.39 is 11.6 Å². The fourth-order valence-electron chi connectivity index (χ4n) is 1.32. The van der Waals surface area contributed by atoms with Crippen LogP contribution in [0.1, 0.15) is 20.8 Å². The SMILES string of the molecule is CC.CN1CC(C)(C(F)(F)F)C1. The maximum Gasteiger partial charge on any atom is 0.396 e. The highest BCUT2D eigenvalue weighted by Gasteiger charge is 2.56. The van der Waals surface area contributed by atoms with Crippen molar-refractivity contribution in [1.29, 1.82) is 0 Å². The fourth-order valence-corrected chi connectivity index (χ4v) is 1.32. The molecule has 0 bridgehead atoms. The van der Waals surface area contributed by atoms with Crippen molar-refractivity contribution in [2.45, 2.75) is 26.9 Å². The molecule has 1 fully saturated rings. The summed E-state index contributed by atoms with van der Waals surface area (Å²) in [5.74, 6) is 0. The summed E-state index contributed by atoms with van der Waals surface area (Å²) in [7, 11) is 1.69. The van der Waals surface area contributed by atoms with Gasteiger partial charge < -0.3 is 4.90 Å². The molecular weight excluding hydrogens is 167 g/mol. The Morgan fingerprint density at radius 3 is 1.58 bits per heavy atom. The number of halogens is 3. The highest BCUT2D eigenvalue weighted by molar-refractivity contribution is 4.95. The van der Waals surface area contributed by atoms with Crippen molar-refractivity contribution in [3.8, 4) is 0 Å². The second-order valence-corrected chi connectivity index (χ2v) is 3.23. The van der Waals surface area contributed by atoms with Crippen LogP contribution in [0, 0.1) is 5.41 Å². The number of nitrogens with zero attached hydrogens (tertiary/aromatic N) is 1. The first-order chi connectivity index (χ1) is 5.35. The molecule has 0 radical (unpaired) electrons. The van der Waals surface area contributed by atoms with Crippen molar-refractivity contribution < 1.29 is 13.2 Å².